The summed E-state index contributed by atoms with van der Waals surface area (Å²) in [4.78, 5) is 12.1. The van der Waals surface area contributed by atoms with Gasteiger partial charge in [0.05, 0.1) is 12.0 Å². The van der Waals surface area contributed by atoms with Crippen molar-refractivity contribution >= 4 is 21.6 Å². The predicted molar refractivity (Wildman–Crippen MR) is 92.6 cm³/mol. The maximum absolute atomic E-state index is 12.1. The third kappa shape index (κ3) is 5.07. The number of sulfonamides is 1. The molecule has 24 heavy (non-hydrogen) atoms. The predicted octanol–water partition coefficient (Wildman–Crippen LogP) is 2.31. The van der Waals surface area contributed by atoms with Crippen molar-refractivity contribution in [1.82, 2.24) is 4.72 Å². The molecule has 128 valence electrons. The van der Waals surface area contributed by atoms with Gasteiger partial charge in [-0.05, 0) is 31.2 Å². The van der Waals surface area contributed by atoms with E-state index in [1.165, 1.54) is 12.1 Å². The maximum atomic E-state index is 12.1. The first-order chi connectivity index (χ1) is 11.4. The molecule has 0 radical (unpaired) electrons. The minimum Gasteiger partial charge on any atom is -0.497 e. The fourth-order valence-electron chi connectivity index (χ4n) is 2.02. The monoisotopic (exact) mass is 348 g/mol. The van der Waals surface area contributed by atoms with E-state index in [9.17, 15) is 13.2 Å². The Hall–Kier alpha value is -2.38. The molecule has 2 aromatic carbocycles. The number of rotatable bonds is 7. The summed E-state index contributed by atoms with van der Waals surface area (Å²) in [5.74, 6) is 0.350. The third-order valence-corrected chi connectivity index (χ3v) is 4.81. The van der Waals surface area contributed by atoms with Crippen molar-refractivity contribution in [2.45, 2.75) is 18.2 Å². The van der Waals surface area contributed by atoms with Crippen LogP contribution in [0, 0.1) is 6.92 Å². The molecule has 2 N–H and O–H groups in total. The largest absolute Gasteiger partial charge is 0.497 e. The molecular weight excluding hydrogens is 328 g/mol. The normalized spacial score (nSPS) is 11.1. The van der Waals surface area contributed by atoms with Gasteiger partial charge in [-0.2, -0.15) is 0 Å². The van der Waals surface area contributed by atoms with Crippen LogP contribution in [0.15, 0.2) is 53.4 Å². The molecule has 0 saturated heterocycles. The Balaban J connectivity index is 1.86. The number of anilines is 1. The molecule has 0 unspecified atom stereocenters. The van der Waals surface area contributed by atoms with Gasteiger partial charge in [0, 0.05) is 24.7 Å². The van der Waals surface area contributed by atoms with Gasteiger partial charge < -0.3 is 10.1 Å². The zero-order valence-corrected chi connectivity index (χ0v) is 14.4. The number of amides is 1. The average molecular weight is 348 g/mol. The van der Waals surface area contributed by atoms with Crippen molar-refractivity contribution in [3.05, 3.63) is 54.1 Å². The van der Waals surface area contributed by atoms with Crippen molar-refractivity contribution in [3.8, 4) is 5.75 Å². The molecule has 6 nitrogen and oxygen atoms in total. The fraction of sp³-hybridized carbons (Fsp3) is 0.235. The summed E-state index contributed by atoms with van der Waals surface area (Å²) in [6, 6.07) is 13.5. The highest BCUT2D eigenvalue weighted by Gasteiger charge is 2.13. The second kappa shape index (κ2) is 7.94. The lowest BCUT2D eigenvalue weighted by atomic mass is 10.2. The lowest BCUT2D eigenvalue weighted by Crippen LogP contribution is -2.27. The maximum Gasteiger partial charge on any atom is 0.240 e. The smallest absolute Gasteiger partial charge is 0.240 e. The van der Waals surface area contributed by atoms with Gasteiger partial charge in [-0.1, -0.05) is 23.8 Å². The van der Waals surface area contributed by atoms with E-state index in [0.717, 1.165) is 5.56 Å². The summed E-state index contributed by atoms with van der Waals surface area (Å²) < 4.78 is 31.7. The van der Waals surface area contributed by atoms with Crippen LogP contribution >= 0.6 is 0 Å². The molecule has 0 aliphatic carbocycles. The van der Waals surface area contributed by atoms with E-state index in [4.69, 9.17) is 4.74 Å². The summed E-state index contributed by atoms with van der Waals surface area (Å²) in [6.45, 7) is 1.90. The second-order valence-corrected chi connectivity index (χ2v) is 7.01. The molecule has 0 atom stereocenters. The molecule has 0 heterocycles. The number of ether oxygens (including phenoxy) is 1. The molecule has 0 aliphatic heterocycles. The van der Waals surface area contributed by atoms with E-state index in [1.807, 2.05) is 6.92 Å². The van der Waals surface area contributed by atoms with Crippen LogP contribution in [0.25, 0.3) is 0 Å². The average Bonchev–Trinajstić information content (AvgIpc) is 2.55. The number of nitrogens with one attached hydrogen (secondary N) is 2. The number of benzene rings is 2. The number of aryl methyl sites for hydroxylation is 1. The van der Waals surface area contributed by atoms with E-state index in [1.54, 1.807) is 43.5 Å². The number of hydrogen-bond donors (Lipinski definition) is 2. The van der Waals surface area contributed by atoms with Crippen molar-refractivity contribution in [1.29, 1.82) is 0 Å². The number of methoxy groups -OCH3 is 1. The Bertz CT molecular complexity index is 802. The van der Waals surface area contributed by atoms with Crippen molar-refractivity contribution in [3.63, 3.8) is 0 Å². The molecule has 0 spiro atoms. The van der Waals surface area contributed by atoms with Gasteiger partial charge in [0.2, 0.25) is 15.9 Å². The highest BCUT2D eigenvalue weighted by Crippen LogP contribution is 2.16. The Morgan fingerprint density at radius 2 is 1.83 bits per heavy atom. The molecule has 2 aromatic rings. The van der Waals surface area contributed by atoms with Crippen LogP contribution < -0.4 is 14.8 Å². The molecule has 7 heteroatoms. The summed E-state index contributed by atoms with van der Waals surface area (Å²) in [7, 11) is -2.06. The van der Waals surface area contributed by atoms with Gasteiger partial charge >= 0.3 is 0 Å². The molecule has 0 saturated carbocycles. The topological polar surface area (TPSA) is 84.5 Å². The Kier molecular flexibility index (Phi) is 5.94. The molecule has 0 fully saturated rings. The van der Waals surface area contributed by atoms with Crippen molar-refractivity contribution in [2.24, 2.45) is 0 Å². The Labute approximate surface area is 141 Å². The van der Waals surface area contributed by atoms with Crippen LogP contribution in [-0.2, 0) is 14.8 Å². The summed E-state index contributed by atoms with van der Waals surface area (Å²) >= 11 is 0. The van der Waals surface area contributed by atoms with Gasteiger partial charge in [0.25, 0.3) is 0 Å². The van der Waals surface area contributed by atoms with Crippen molar-refractivity contribution < 1.29 is 17.9 Å². The highest BCUT2D eigenvalue weighted by molar-refractivity contribution is 7.89. The lowest BCUT2D eigenvalue weighted by molar-refractivity contribution is -0.116. The van der Waals surface area contributed by atoms with Gasteiger partial charge in [-0.3, -0.25) is 4.79 Å². The zero-order valence-electron chi connectivity index (χ0n) is 13.6. The first-order valence-corrected chi connectivity index (χ1v) is 8.89. The standard InChI is InChI=1S/C17H20N2O4S/c1-13-6-8-16(9-7-13)24(21,22)18-11-10-17(20)19-14-4-3-5-15(12-14)23-2/h3-9,12,18H,10-11H2,1-2H3,(H,19,20). The molecular formula is C17H20N2O4S. The van der Waals surface area contributed by atoms with Crippen LogP contribution in [-0.4, -0.2) is 28.0 Å². The van der Waals surface area contributed by atoms with Gasteiger partial charge in [0.1, 0.15) is 5.75 Å². The first-order valence-electron chi connectivity index (χ1n) is 7.41. The first kappa shape index (κ1) is 18.0. The van der Waals surface area contributed by atoms with Gasteiger partial charge in [-0.15, -0.1) is 0 Å². The van der Waals surface area contributed by atoms with E-state index >= 15 is 0 Å². The summed E-state index contributed by atoms with van der Waals surface area (Å²) in [5.41, 5.74) is 1.58. The number of carbonyl (C=O) groups is 1. The van der Waals surface area contributed by atoms with Crippen LogP contribution in [0.2, 0.25) is 0 Å². The SMILES string of the molecule is COc1cccc(NC(=O)CCNS(=O)(=O)c2ccc(C)cc2)c1. The van der Waals surface area contributed by atoms with Gasteiger partial charge in [0.15, 0.2) is 0 Å². The molecule has 1 amide bonds. The third-order valence-electron chi connectivity index (χ3n) is 3.33. The highest BCUT2D eigenvalue weighted by atomic mass is 32.2. The second-order valence-electron chi connectivity index (χ2n) is 5.24. The van der Waals surface area contributed by atoms with Crippen LogP contribution in [0.3, 0.4) is 0 Å². The minimum absolute atomic E-state index is 0.0199. The molecule has 0 aliphatic rings. The van der Waals surface area contributed by atoms with E-state index < -0.39 is 10.0 Å². The fourth-order valence-corrected chi connectivity index (χ4v) is 3.06. The lowest BCUT2D eigenvalue weighted by Gasteiger charge is -2.08. The number of carbonyl (C=O) groups excluding carboxylic acids is 1. The molecule has 0 bridgehead atoms. The van der Waals surface area contributed by atoms with E-state index in [2.05, 4.69) is 10.0 Å². The Morgan fingerprint density at radius 1 is 1.12 bits per heavy atom. The van der Waals surface area contributed by atoms with Crippen LogP contribution in [0.5, 0.6) is 5.75 Å². The molecule has 0 aromatic heterocycles. The summed E-state index contributed by atoms with van der Waals surface area (Å²) in [5, 5.41) is 2.70. The Morgan fingerprint density at radius 3 is 2.50 bits per heavy atom. The minimum atomic E-state index is -3.61. The van der Waals surface area contributed by atoms with Crippen LogP contribution in [0.4, 0.5) is 5.69 Å². The van der Waals surface area contributed by atoms with Gasteiger partial charge in [-0.25, -0.2) is 13.1 Å². The van der Waals surface area contributed by atoms with Crippen molar-refractivity contribution in [2.75, 3.05) is 19.0 Å². The van der Waals surface area contributed by atoms with E-state index in [-0.39, 0.29) is 23.8 Å². The number of hydrogen-bond acceptors (Lipinski definition) is 4. The quantitative estimate of drug-likeness (QED) is 0.804. The molecule has 2 rings (SSSR count). The van der Waals surface area contributed by atoms with Crippen LogP contribution in [0.1, 0.15) is 12.0 Å². The zero-order chi connectivity index (χ0) is 17.6. The van der Waals surface area contributed by atoms with E-state index in [0.29, 0.717) is 11.4 Å². The summed E-state index contributed by atoms with van der Waals surface area (Å²) in [6.07, 6.45) is 0.0301.